The first kappa shape index (κ1) is 20.2. The molecule has 1 atom stereocenters. The first-order valence-corrected chi connectivity index (χ1v) is 10.9. The van der Waals surface area contributed by atoms with Crippen molar-refractivity contribution in [1.29, 1.82) is 0 Å². The van der Waals surface area contributed by atoms with E-state index in [-0.39, 0.29) is 17.7 Å². The average molecular weight is 421 g/mol. The van der Waals surface area contributed by atoms with Crippen molar-refractivity contribution in [2.24, 2.45) is 5.92 Å². The summed E-state index contributed by atoms with van der Waals surface area (Å²) in [4.78, 5) is 37.1. The highest BCUT2D eigenvalue weighted by molar-refractivity contribution is 7.17. The zero-order chi connectivity index (χ0) is 21.1. The fraction of sp³-hybridized carbons (Fsp3) is 0.304. The second-order valence-electron chi connectivity index (χ2n) is 7.62. The molecule has 1 unspecified atom stereocenters. The van der Waals surface area contributed by atoms with E-state index in [1.54, 1.807) is 17.3 Å². The Hall–Kier alpha value is -3.06. The Bertz CT molecular complexity index is 1060. The maximum absolute atomic E-state index is 13.2. The van der Waals surface area contributed by atoms with E-state index in [1.807, 2.05) is 50.2 Å². The summed E-state index contributed by atoms with van der Waals surface area (Å²) in [6.45, 7) is 4.94. The molecule has 0 saturated carbocycles. The average Bonchev–Trinajstić information content (AvgIpc) is 3.15. The number of hydrogen-bond donors (Lipinski definition) is 1. The Morgan fingerprint density at radius 3 is 2.83 bits per heavy atom. The Kier molecular flexibility index (Phi) is 5.90. The van der Waals surface area contributed by atoms with Gasteiger partial charge in [0.15, 0.2) is 0 Å². The summed E-state index contributed by atoms with van der Waals surface area (Å²) in [5, 5.41) is 3.78. The summed E-state index contributed by atoms with van der Waals surface area (Å²) in [5.41, 5.74) is 3.51. The van der Waals surface area contributed by atoms with Crippen LogP contribution in [0.5, 0.6) is 0 Å². The lowest BCUT2D eigenvalue weighted by Gasteiger charge is -2.31. The van der Waals surface area contributed by atoms with Crippen LogP contribution in [-0.4, -0.2) is 39.8 Å². The number of nitrogens with zero attached hydrogens (tertiary/aromatic N) is 3. The number of anilines is 1. The van der Waals surface area contributed by atoms with Gasteiger partial charge in [0.05, 0.1) is 11.6 Å². The first-order valence-electron chi connectivity index (χ1n) is 10.1. The van der Waals surface area contributed by atoms with Gasteiger partial charge in [-0.25, -0.2) is 4.98 Å². The zero-order valence-electron chi connectivity index (χ0n) is 17.1. The molecule has 0 spiro atoms. The molecule has 0 bridgehead atoms. The molecule has 2 amide bonds. The number of pyridine rings is 1. The summed E-state index contributed by atoms with van der Waals surface area (Å²) in [6, 6.07) is 11.5. The monoisotopic (exact) mass is 420 g/mol. The van der Waals surface area contributed by atoms with Crippen LogP contribution in [0.3, 0.4) is 0 Å². The second kappa shape index (κ2) is 8.75. The molecule has 3 heterocycles. The van der Waals surface area contributed by atoms with Gasteiger partial charge in [-0.2, -0.15) is 0 Å². The number of aromatic nitrogens is 2. The number of likely N-dealkylation sites (tertiary alicyclic amines) is 1. The molecule has 6 nitrogen and oxygen atoms in total. The van der Waals surface area contributed by atoms with Gasteiger partial charge >= 0.3 is 0 Å². The molecule has 3 aromatic rings. The van der Waals surface area contributed by atoms with Crippen LogP contribution in [0.4, 0.5) is 5.69 Å². The number of thiazole rings is 1. The number of piperidine rings is 1. The minimum Gasteiger partial charge on any atom is -0.337 e. The van der Waals surface area contributed by atoms with Crippen LogP contribution in [0, 0.1) is 19.8 Å². The maximum atomic E-state index is 13.2. The van der Waals surface area contributed by atoms with E-state index in [0.29, 0.717) is 18.0 Å². The summed E-state index contributed by atoms with van der Waals surface area (Å²) >= 11 is 1.39. The van der Waals surface area contributed by atoms with Gasteiger partial charge in [-0.1, -0.05) is 12.1 Å². The van der Waals surface area contributed by atoms with E-state index in [0.717, 1.165) is 40.4 Å². The molecule has 30 heavy (non-hydrogen) atoms. The third-order valence-electron chi connectivity index (χ3n) is 5.26. The summed E-state index contributed by atoms with van der Waals surface area (Å²) in [6.07, 6.45) is 5.06. The molecule has 1 aromatic carbocycles. The molecule has 0 aliphatic carbocycles. The van der Waals surface area contributed by atoms with E-state index in [1.165, 1.54) is 11.3 Å². The van der Waals surface area contributed by atoms with Gasteiger partial charge in [0.25, 0.3) is 5.91 Å². The molecule has 1 N–H and O–H groups in total. The molecule has 7 heteroatoms. The fourth-order valence-corrected chi connectivity index (χ4v) is 4.72. The van der Waals surface area contributed by atoms with E-state index >= 15 is 0 Å². The normalized spacial score (nSPS) is 16.3. The zero-order valence-corrected chi connectivity index (χ0v) is 17.9. The van der Waals surface area contributed by atoms with E-state index in [9.17, 15) is 9.59 Å². The van der Waals surface area contributed by atoms with Gasteiger partial charge < -0.3 is 10.2 Å². The highest BCUT2D eigenvalue weighted by Gasteiger charge is 2.30. The number of rotatable bonds is 4. The van der Waals surface area contributed by atoms with Crippen LogP contribution in [0.25, 0.3) is 10.6 Å². The molecule has 1 fully saturated rings. The molecule has 154 valence electrons. The van der Waals surface area contributed by atoms with Crippen LogP contribution in [0.1, 0.15) is 33.8 Å². The van der Waals surface area contributed by atoms with Crippen LogP contribution in [-0.2, 0) is 4.79 Å². The SMILES string of the molecule is Cc1cccc(NC(=O)C2CCCN(C(=O)c3sc(-c4cccnc4)nc3C)C2)c1. The highest BCUT2D eigenvalue weighted by Crippen LogP contribution is 2.29. The quantitative estimate of drug-likeness (QED) is 0.682. The minimum atomic E-state index is -0.214. The van der Waals surface area contributed by atoms with Crippen LogP contribution >= 0.6 is 11.3 Å². The largest absolute Gasteiger partial charge is 0.337 e. The predicted octanol–water partition coefficient (Wildman–Crippen LogP) is 4.31. The lowest BCUT2D eigenvalue weighted by Crippen LogP contribution is -2.43. The second-order valence-corrected chi connectivity index (χ2v) is 8.62. The third kappa shape index (κ3) is 4.41. The number of benzene rings is 1. The van der Waals surface area contributed by atoms with Gasteiger partial charge in [-0.05, 0) is 56.5 Å². The predicted molar refractivity (Wildman–Crippen MR) is 119 cm³/mol. The van der Waals surface area contributed by atoms with Crippen molar-refractivity contribution in [1.82, 2.24) is 14.9 Å². The molecule has 1 aliphatic rings. The first-order chi connectivity index (χ1) is 14.5. The third-order valence-corrected chi connectivity index (χ3v) is 6.46. The van der Waals surface area contributed by atoms with Crippen molar-refractivity contribution < 1.29 is 9.59 Å². The number of aryl methyl sites for hydroxylation is 2. The molecule has 4 rings (SSSR count). The van der Waals surface area contributed by atoms with Crippen molar-refractivity contribution in [3.05, 3.63) is 64.9 Å². The Balaban J connectivity index is 1.46. The molecular weight excluding hydrogens is 396 g/mol. The Morgan fingerprint density at radius 2 is 2.07 bits per heavy atom. The summed E-state index contributed by atoms with van der Waals surface area (Å²) in [5.74, 6) is -0.294. The van der Waals surface area contributed by atoms with Gasteiger partial charge in [0.2, 0.25) is 5.91 Å². The van der Waals surface area contributed by atoms with E-state index in [4.69, 9.17) is 0 Å². The number of nitrogens with one attached hydrogen (secondary N) is 1. The van der Waals surface area contributed by atoms with Crippen LogP contribution < -0.4 is 5.32 Å². The number of amides is 2. The van der Waals surface area contributed by atoms with E-state index in [2.05, 4.69) is 15.3 Å². The van der Waals surface area contributed by atoms with Gasteiger partial charge in [-0.3, -0.25) is 14.6 Å². The Morgan fingerprint density at radius 1 is 1.20 bits per heavy atom. The molecular formula is C23H24N4O2S. The lowest BCUT2D eigenvalue weighted by atomic mass is 9.96. The van der Waals surface area contributed by atoms with Gasteiger partial charge in [0, 0.05) is 36.7 Å². The number of hydrogen-bond acceptors (Lipinski definition) is 5. The molecule has 1 aliphatic heterocycles. The lowest BCUT2D eigenvalue weighted by molar-refractivity contribution is -0.121. The van der Waals surface area contributed by atoms with Gasteiger partial charge in [-0.15, -0.1) is 11.3 Å². The minimum absolute atomic E-state index is 0.0322. The van der Waals surface area contributed by atoms with Crippen molar-refractivity contribution in [2.75, 3.05) is 18.4 Å². The van der Waals surface area contributed by atoms with E-state index < -0.39 is 0 Å². The summed E-state index contributed by atoms with van der Waals surface area (Å²) < 4.78 is 0. The number of carbonyl (C=O) groups excluding carboxylic acids is 2. The smallest absolute Gasteiger partial charge is 0.265 e. The van der Waals surface area contributed by atoms with Crippen molar-refractivity contribution >= 4 is 28.8 Å². The number of carbonyl (C=O) groups is 2. The van der Waals surface area contributed by atoms with Crippen LogP contribution in [0.2, 0.25) is 0 Å². The Labute approximate surface area is 180 Å². The van der Waals surface area contributed by atoms with Crippen molar-refractivity contribution in [3.63, 3.8) is 0 Å². The molecule has 2 aromatic heterocycles. The van der Waals surface area contributed by atoms with Crippen molar-refractivity contribution in [2.45, 2.75) is 26.7 Å². The fourth-order valence-electron chi connectivity index (χ4n) is 3.69. The standard InChI is InChI=1S/C23H24N4O2S/c1-15-6-3-9-19(12-15)26-21(28)18-8-5-11-27(14-18)23(29)20-16(2)25-22(30-20)17-7-4-10-24-13-17/h3-4,6-7,9-10,12-13,18H,5,8,11,14H2,1-2H3,(H,26,28). The van der Waals surface area contributed by atoms with Crippen LogP contribution in [0.15, 0.2) is 48.8 Å². The molecule has 0 radical (unpaired) electrons. The van der Waals surface area contributed by atoms with Crippen molar-refractivity contribution in [3.8, 4) is 10.6 Å². The topological polar surface area (TPSA) is 75.2 Å². The highest BCUT2D eigenvalue weighted by atomic mass is 32.1. The maximum Gasteiger partial charge on any atom is 0.265 e. The van der Waals surface area contributed by atoms with Gasteiger partial charge in [0.1, 0.15) is 9.88 Å². The summed E-state index contributed by atoms with van der Waals surface area (Å²) in [7, 11) is 0. The molecule has 1 saturated heterocycles.